The number of rotatable bonds is 48. The SMILES string of the molecule is CCCCCCCCCCCC1c2cc3c4cc2OC2(Cl)N=C5C(=O)N(CC(=O)O)C(=O)C5=NC2(Cl)Oc2cc5c(cc21)C(CCCCCCCCCCC)c1cc2c(cc1OC1(Cl)N=C6C(=O)N(CC(=O)O)C(=O)C6=NC1(Cl)O5)OC1(Cl)N=C5C(=O)N(CC(=O)O)C(=O)C5=NC1(Cl)Oc1cc(c(cc1C2CCCCCCCCCCC)C3CCCCCCCCCCC)OC1(Cl)N=C2C(=O)N(CC(=O)O)C(=O)C2=NC1(Cl)O4. The smallest absolute Gasteiger partial charge is 0.358 e. The van der Waals surface area contributed by atoms with Gasteiger partial charge in [0.2, 0.25) is 0 Å². The van der Waals surface area contributed by atoms with Gasteiger partial charge in [0.15, 0.2) is 45.7 Å². The van der Waals surface area contributed by atoms with Gasteiger partial charge >= 0.3 is 65.4 Å². The lowest BCUT2D eigenvalue weighted by atomic mass is 9.76. The summed E-state index contributed by atoms with van der Waals surface area (Å²) in [6.45, 7) is 3.62. The van der Waals surface area contributed by atoms with E-state index in [0.717, 1.165) is 180 Å². The number of benzene rings is 4. The van der Waals surface area contributed by atoms with Gasteiger partial charge in [-0.15, -0.1) is 0 Å². The summed E-state index contributed by atoms with van der Waals surface area (Å²) >= 11 is 65.3. The Hall–Kier alpha value is -10.6. The van der Waals surface area contributed by atoms with Crippen LogP contribution in [0.2, 0.25) is 0 Å². The highest BCUT2D eigenvalue weighted by molar-refractivity contribution is 6.89. The van der Waals surface area contributed by atoms with Gasteiger partial charge in [-0.25, -0.2) is 39.9 Å². The van der Waals surface area contributed by atoms with Crippen molar-refractivity contribution in [1.29, 1.82) is 0 Å². The number of halogens is 8. The standard InChI is InChI=1S/C104H116Cl8N12O24/c1-5-9-13-17-21-25-29-33-37-41-57-61-45-63-58(42-38-34-30-26-22-18-14-10-6-2)65-47-67-60(44-40-36-32-28-24-20-16-12-8-4)68-48-66-59(43-39-35-31-27-23-19-15-11-7-3)64-46-62(57)70-50-72(64)144-100(108)102(110,118-86-84(116-100)92(136)123(94(86)138)55-79(129)130)146-74(66)52-76(68)148-104(112)103(111,119-87-88(120-104)96(140)124(95(87)139)56-80(131)132)147-75(67)51-73(65)145-101(109)99(107,115-83-85(117-101)93(137)122(91(83)135)54-78(127)128)143-71(63)49-69(61)141-97(105)98(106,142-70)114-82-81(113-97)89(133)121(90(82)134)53-77(125)126/h45-52,57-60H,5-44,53-56H2,1-4H3,(H,125,126)(H,127,128)(H,129,130)(H,131,132). The summed E-state index contributed by atoms with van der Waals surface area (Å²) in [6, 6.07) is 12.4. The topological polar surface area (TPSA) is 471 Å². The second-order valence-corrected chi connectivity index (χ2v) is 43.8. The number of ether oxygens (including phenoxy) is 8. The van der Waals surface area contributed by atoms with Gasteiger partial charge in [-0.1, -0.05) is 259 Å². The van der Waals surface area contributed by atoms with E-state index in [2.05, 4.69) is 27.7 Å². The summed E-state index contributed by atoms with van der Waals surface area (Å²) in [5, 5.41) is 15.4. The van der Waals surface area contributed by atoms with E-state index in [0.29, 0.717) is 71.0 Å². The van der Waals surface area contributed by atoms with Crippen LogP contribution in [0.25, 0.3) is 0 Å². The van der Waals surface area contributed by atoms with Gasteiger partial charge in [0.05, 0.1) is 0 Å². The number of imide groups is 4. The van der Waals surface area contributed by atoms with Gasteiger partial charge in [-0.05, 0) is 143 Å². The zero-order valence-corrected chi connectivity index (χ0v) is 88.4. The molecular formula is C104H116Cl8N12O24. The predicted octanol–water partition coefficient (Wildman–Crippen LogP) is 19.8. The van der Waals surface area contributed by atoms with Crippen molar-refractivity contribution in [1.82, 2.24) is 19.6 Å². The maximum Gasteiger partial charge on any atom is 0.358 e. The van der Waals surface area contributed by atoms with Crippen molar-refractivity contribution in [3.63, 3.8) is 0 Å². The normalized spacial score (nSPS) is 26.8. The quantitative estimate of drug-likeness (QED) is 0.0138. The molecule has 0 radical (unpaired) electrons. The van der Waals surface area contributed by atoms with Crippen molar-refractivity contribution in [2.24, 2.45) is 39.9 Å². The van der Waals surface area contributed by atoms with Gasteiger partial charge in [-0.3, -0.25) is 77.1 Å². The van der Waals surface area contributed by atoms with Gasteiger partial charge in [0.25, 0.3) is 47.3 Å². The van der Waals surface area contributed by atoms with Gasteiger partial charge in [0, 0.05) is 92.4 Å². The summed E-state index contributed by atoms with van der Waals surface area (Å²) in [4.78, 5) is 210. The molecule has 17 rings (SSSR count). The molecule has 44 heteroatoms. The lowest BCUT2D eigenvalue weighted by Gasteiger charge is -2.39. The molecule has 0 spiro atoms. The monoisotopic (exact) mass is 2200 g/mol. The maximum absolute atomic E-state index is 15.0. The molecule has 13 aliphatic rings. The molecule has 792 valence electrons. The van der Waals surface area contributed by atoms with E-state index in [-0.39, 0.29) is 116 Å². The van der Waals surface area contributed by atoms with Crippen LogP contribution in [-0.4, -0.2) is 225 Å². The van der Waals surface area contributed by atoms with Crippen LogP contribution in [0.3, 0.4) is 0 Å². The number of amides is 8. The largest absolute Gasteiger partial charge is 0.480 e. The summed E-state index contributed by atoms with van der Waals surface area (Å²) in [5.74, 6) is -24.6. The predicted molar refractivity (Wildman–Crippen MR) is 551 cm³/mol. The molecule has 4 aromatic rings. The lowest BCUT2D eigenvalue weighted by Crippen LogP contribution is -2.56. The van der Waals surface area contributed by atoms with Crippen molar-refractivity contribution in [3.05, 3.63) is 93.0 Å². The third-order valence-electron chi connectivity index (χ3n) is 29.1. The molecule has 4 N–H and O–H groups in total. The Morgan fingerprint density at radius 3 is 0.466 bits per heavy atom. The summed E-state index contributed by atoms with van der Waals surface area (Å²) in [7, 11) is 0. The molecule has 0 saturated carbocycles. The molecule has 4 saturated heterocycles. The zero-order valence-electron chi connectivity index (χ0n) is 82.4. The summed E-state index contributed by atoms with van der Waals surface area (Å²) < 4.78 is 58.9. The van der Waals surface area contributed by atoms with E-state index in [1.807, 2.05) is 0 Å². The Bertz CT molecular complexity index is 5330. The van der Waals surface area contributed by atoms with Gasteiger partial charge < -0.3 is 58.3 Å². The lowest BCUT2D eigenvalue weighted by molar-refractivity contribution is -0.146. The van der Waals surface area contributed by atoms with E-state index in [4.69, 9.17) is 171 Å². The molecule has 1 aliphatic carbocycles. The van der Waals surface area contributed by atoms with E-state index in [9.17, 15) is 78.0 Å². The Balaban J connectivity index is 1.04. The first-order valence-electron chi connectivity index (χ1n) is 51.6. The fourth-order valence-corrected chi connectivity index (χ4v) is 23.5. The van der Waals surface area contributed by atoms with Crippen molar-refractivity contribution in [3.8, 4) is 46.0 Å². The molecule has 148 heavy (non-hydrogen) atoms. The van der Waals surface area contributed by atoms with Crippen LogP contribution in [0.5, 0.6) is 46.0 Å². The fourth-order valence-electron chi connectivity index (χ4n) is 21.5. The fraction of sp³-hybridized carbons (Fsp3) is 0.577. The summed E-state index contributed by atoms with van der Waals surface area (Å²) in [5.41, 5.74) is -5.40. The highest BCUT2D eigenvalue weighted by Crippen LogP contribution is 2.63. The third kappa shape index (κ3) is 21.0. The third-order valence-corrected chi connectivity index (χ3v) is 32.9. The molecule has 8 bridgehead atoms. The van der Waals surface area contributed by atoms with E-state index >= 15 is 0 Å². The van der Waals surface area contributed by atoms with E-state index in [1.54, 1.807) is 24.3 Å². The molecule has 8 amide bonds. The first kappa shape index (κ1) is 109. The van der Waals surface area contributed by atoms with Crippen LogP contribution in [-0.2, 0) is 57.5 Å². The van der Waals surface area contributed by atoms with Crippen LogP contribution in [0.15, 0.2) is 88.5 Å². The minimum Gasteiger partial charge on any atom is -0.480 e. The number of likely N-dealkylation sites (tertiary alicyclic amines) is 4. The van der Waals surface area contributed by atoms with E-state index < -0.39 is 208 Å². The second-order valence-electron chi connectivity index (χ2n) is 39.7. The van der Waals surface area contributed by atoms with Crippen LogP contribution >= 0.6 is 92.8 Å². The Morgan fingerprint density at radius 2 is 0.345 bits per heavy atom. The van der Waals surface area contributed by atoms with Gasteiger partial charge in [-0.2, -0.15) is 0 Å². The molecule has 36 nitrogen and oxygen atoms in total. The van der Waals surface area contributed by atoms with Crippen molar-refractivity contribution in [2.45, 2.75) is 350 Å². The molecule has 0 aromatic heterocycles. The van der Waals surface area contributed by atoms with Crippen molar-refractivity contribution < 1.29 is 116 Å². The molecule has 4 fully saturated rings. The molecular weight excluding hydrogens is 2080 g/mol. The first-order valence-corrected chi connectivity index (χ1v) is 54.6. The number of aliphatic imine (C=N–C) groups is 8. The number of alkyl halides is 8. The Labute approximate surface area is 893 Å². The van der Waals surface area contributed by atoms with Crippen LogP contribution in [0, 0.1) is 0 Å². The van der Waals surface area contributed by atoms with Gasteiger partial charge in [0.1, 0.15) is 72.2 Å². The number of hydrogen-bond acceptors (Lipinski definition) is 28. The summed E-state index contributed by atoms with van der Waals surface area (Å²) in [6.07, 6.45) is 30.5. The number of fused-ring (bicyclic) bond motifs is 8. The molecule has 12 aliphatic heterocycles. The maximum atomic E-state index is 15.0. The Morgan fingerprint density at radius 1 is 0.223 bits per heavy atom. The highest BCUT2D eigenvalue weighted by Gasteiger charge is 2.70. The zero-order chi connectivity index (χ0) is 105. The van der Waals surface area contributed by atoms with Crippen molar-refractivity contribution in [2.75, 3.05) is 26.2 Å². The number of nitrogens with zero attached hydrogens (tertiary/aromatic N) is 12. The van der Waals surface area contributed by atoms with Crippen LogP contribution < -0.4 is 37.9 Å². The number of carbonyl (C=O) groups is 12. The number of aliphatic carboxylic acids is 4. The molecule has 4 aromatic carbocycles. The van der Waals surface area contributed by atoms with Crippen LogP contribution in [0.4, 0.5) is 0 Å². The molecule has 12 heterocycles. The minimum absolute atomic E-state index is 0.109. The first-order chi connectivity index (χ1) is 70.7. The number of carbonyl (C=O) groups excluding carboxylic acids is 8. The van der Waals surface area contributed by atoms with Crippen molar-refractivity contribution >= 4 is 210 Å². The molecule has 8 atom stereocenters. The number of carboxylic acid groups (broad SMARTS) is 4. The van der Waals surface area contributed by atoms with E-state index in [1.165, 1.54) is 24.3 Å². The molecule has 8 unspecified atom stereocenters. The number of unbranched alkanes of at least 4 members (excludes halogenated alkanes) is 32. The average Bonchev–Trinajstić information content (AvgIpc) is 1.52. The Kier molecular flexibility index (Phi) is 32.6. The minimum atomic E-state index is -3.24. The number of carboxylic acids is 4. The van der Waals surface area contributed by atoms with Crippen LogP contribution in [0.1, 0.15) is 353 Å². The second kappa shape index (κ2) is 44.4. The average molecular weight is 2200 g/mol. The highest BCUT2D eigenvalue weighted by atomic mass is 35.5. The number of hydrogen-bond donors (Lipinski definition) is 4.